The van der Waals surface area contributed by atoms with Crippen LogP contribution in [0.25, 0.3) is 11.4 Å². The predicted octanol–water partition coefficient (Wildman–Crippen LogP) is 1.93. The van der Waals surface area contributed by atoms with Crippen LogP contribution in [0, 0.1) is 6.92 Å². The number of rotatable bonds is 3. The Labute approximate surface area is 129 Å². The lowest BCUT2D eigenvalue weighted by Crippen LogP contribution is -2.38. The number of pyridine rings is 1. The molecule has 1 amide bonds. The average molecular weight is 297 g/mol. The number of hydrogen-bond donors (Lipinski definition) is 2. The smallest absolute Gasteiger partial charge is 0.242 e. The number of carbonyl (C=O) groups is 1. The molecule has 0 bridgehead atoms. The number of nitrogens with one attached hydrogen (secondary N) is 2. The number of nitrogens with zero attached hydrogens (tertiary/aromatic N) is 3. The van der Waals surface area contributed by atoms with Crippen LogP contribution in [0.5, 0.6) is 0 Å². The highest BCUT2D eigenvalue weighted by atomic mass is 16.2. The molecule has 3 heterocycles. The van der Waals surface area contributed by atoms with E-state index in [9.17, 15) is 4.79 Å². The molecule has 2 aromatic rings. The van der Waals surface area contributed by atoms with Crippen LogP contribution in [-0.4, -0.2) is 33.4 Å². The topological polar surface area (TPSA) is 79.8 Å². The lowest BCUT2D eigenvalue weighted by atomic mass is 10.1. The normalized spacial score (nSPS) is 18.4. The molecule has 0 aromatic carbocycles. The molecule has 1 aliphatic heterocycles. The van der Waals surface area contributed by atoms with Crippen LogP contribution in [0.3, 0.4) is 0 Å². The van der Waals surface area contributed by atoms with E-state index >= 15 is 0 Å². The van der Waals surface area contributed by atoms with Crippen molar-refractivity contribution in [3.8, 4) is 11.4 Å². The maximum atomic E-state index is 12.0. The van der Waals surface area contributed by atoms with Gasteiger partial charge in [-0.05, 0) is 38.3 Å². The third-order valence-corrected chi connectivity index (χ3v) is 3.63. The third kappa shape index (κ3) is 3.39. The van der Waals surface area contributed by atoms with Crippen molar-refractivity contribution in [2.45, 2.75) is 32.2 Å². The maximum absolute atomic E-state index is 12.0. The monoisotopic (exact) mass is 297 g/mol. The Morgan fingerprint density at radius 3 is 3.05 bits per heavy atom. The van der Waals surface area contributed by atoms with Gasteiger partial charge in [0, 0.05) is 36.3 Å². The summed E-state index contributed by atoms with van der Waals surface area (Å²) in [6, 6.07) is 5.40. The van der Waals surface area contributed by atoms with Crippen molar-refractivity contribution in [1.29, 1.82) is 0 Å². The second-order valence-corrected chi connectivity index (χ2v) is 5.44. The molecule has 1 saturated heterocycles. The quantitative estimate of drug-likeness (QED) is 0.905. The summed E-state index contributed by atoms with van der Waals surface area (Å²) in [7, 11) is 0. The molecule has 6 nitrogen and oxygen atoms in total. The summed E-state index contributed by atoms with van der Waals surface area (Å²) < 4.78 is 0. The molecule has 0 saturated carbocycles. The van der Waals surface area contributed by atoms with Gasteiger partial charge in [-0.1, -0.05) is 0 Å². The zero-order valence-electron chi connectivity index (χ0n) is 12.5. The van der Waals surface area contributed by atoms with Crippen molar-refractivity contribution >= 4 is 11.7 Å². The largest absolute Gasteiger partial charge is 0.358 e. The van der Waals surface area contributed by atoms with E-state index in [1.807, 2.05) is 25.1 Å². The molecule has 114 valence electrons. The molecule has 2 N–H and O–H groups in total. The minimum atomic E-state index is -0.237. The zero-order valence-corrected chi connectivity index (χ0v) is 12.5. The summed E-state index contributed by atoms with van der Waals surface area (Å²) in [5.41, 5.74) is 1.71. The summed E-state index contributed by atoms with van der Waals surface area (Å²) in [6.07, 6.45) is 6.31. The van der Waals surface area contributed by atoms with E-state index in [0.717, 1.165) is 37.1 Å². The summed E-state index contributed by atoms with van der Waals surface area (Å²) in [5.74, 6) is 1.33. The number of aromatic nitrogens is 3. The van der Waals surface area contributed by atoms with Crippen molar-refractivity contribution < 1.29 is 4.79 Å². The van der Waals surface area contributed by atoms with Gasteiger partial charge in [0.05, 0.1) is 0 Å². The number of aryl methyl sites for hydroxylation is 1. The van der Waals surface area contributed by atoms with Crippen LogP contribution in [0.2, 0.25) is 0 Å². The lowest BCUT2D eigenvalue weighted by molar-refractivity contribution is -0.121. The lowest BCUT2D eigenvalue weighted by Gasteiger charge is -2.16. The van der Waals surface area contributed by atoms with Crippen LogP contribution >= 0.6 is 0 Å². The number of amides is 1. The second-order valence-electron chi connectivity index (χ2n) is 5.44. The second kappa shape index (κ2) is 6.51. The van der Waals surface area contributed by atoms with Gasteiger partial charge in [0.25, 0.3) is 0 Å². The van der Waals surface area contributed by atoms with Crippen molar-refractivity contribution in [3.05, 3.63) is 36.3 Å². The molecule has 0 radical (unpaired) electrons. The maximum Gasteiger partial charge on any atom is 0.242 e. The van der Waals surface area contributed by atoms with Crippen molar-refractivity contribution in [2.75, 3.05) is 11.9 Å². The van der Waals surface area contributed by atoms with Gasteiger partial charge in [0.15, 0.2) is 5.82 Å². The molecule has 1 unspecified atom stereocenters. The molecule has 6 heteroatoms. The van der Waals surface area contributed by atoms with Crippen LogP contribution < -0.4 is 10.6 Å². The Morgan fingerprint density at radius 2 is 2.23 bits per heavy atom. The van der Waals surface area contributed by atoms with Crippen LogP contribution in [-0.2, 0) is 4.79 Å². The molecule has 0 aliphatic carbocycles. The van der Waals surface area contributed by atoms with E-state index in [-0.39, 0.29) is 11.9 Å². The Balaban J connectivity index is 1.85. The van der Waals surface area contributed by atoms with Crippen molar-refractivity contribution in [3.63, 3.8) is 0 Å². The summed E-state index contributed by atoms with van der Waals surface area (Å²) in [5, 5.41) is 6.16. The highest BCUT2D eigenvalue weighted by molar-refractivity contribution is 5.84. The molecule has 1 aliphatic rings. The van der Waals surface area contributed by atoms with E-state index in [1.54, 1.807) is 12.4 Å². The Bertz CT molecular complexity index is 659. The summed E-state index contributed by atoms with van der Waals surface area (Å²) >= 11 is 0. The van der Waals surface area contributed by atoms with Gasteiger partial charge >= 0.3 is 0 Å². The minimum absolute atomic E-state index is 0.0386. The van der Waals surface area contributed by atoms with Gasteiger partial charge in [0.1, 0.15) is 11.9 Å². The van der Waals surface area contributed by atoms with Gasteiger partial charge in [-0.15, -0.1) is 0 Å². The molecule has 22 heavy (non-hydrogen) atoms. The van der Waals surface area contributed by atoms with E-state index in [4.69, 9.17) is 0 Å². The fourth-order valence-corrected chi connectivity index (χ4v) is 2.52. The molecule has 1 fully saturated rings. The van der Waals surface area contributed by atoms with Crippen LogP contribution in [0.1, 0.15) is 25.0 Å². The first-order valence-corrected chi connectivity index (χ1v) is 7.53. The van der Waals surface area contributed by atoms with Gasteiger partial charge < -0.3 is 10.6 Å². The van der Waals surface area contributed by atoms with Gasteiger partial charge in [-0.3, -0.25) is 9.78 Å². The Morgan fingerprint density at radius 1 is 1.32 bits per heavy atom. The molecular formula is C16H19N5O. The van der Waals surface area contributed by atoms with Crippen molar-refractivity contribution in [2.24, 2.45) is 0 Å². The van der Waals surface area contributed by atoms with Gasteiger partial charge in [0.2, 0.25) is 5.91 Å². The zero-order chi connectivity index (χ0) is 15.4. The molecule has 3 rings (SSSR count). The first-order chi connectivity index (χ1) is 10.7. The minimum Gasteiger partial charge on any atom is -0.358 e. The van der Waals surface area contributed by atoms with E-state index in [1.165, 1.54) is 0 Å². The molecule has 1 atom stereocenters. The average Bonchev–Trinajstić information content (AvgIpc) is 2.73. The molecule has 0 spiro atoms. The van der Waals surface area contributed by atoms with Crippen LogP contribution in [0.4, 0.5) is 5.82 Å². The SMILES string of the molecule is Cc1cc(NC2CCCCNC2=O)nc(-c2cccnc2)n1. The number of carbonyl (C=O) groups excluding carboxylic acids is 1. The molecule has 2 aromatic heterocycles. The van der Waals surface area contributed by atoms with E-state index < -0.39 is 0 Å². The third-order valence-electron chi connectivity index (χ3n) is 3.63. The standard InChI is InChI=1S/C16H19N5O/c1-11-9-14(20-13-6-2-3-8-18-16(13)22)21-15(19-11)12-5-4-7-17-10-12/h4-5,7,9-10,13H,2-3,6,8H2,1H3,(H,18,22)(H,19,20,21). The fraction of sp³-hybridized carbons (Fsp3) is 0.375. The van der Waals surface area contributed by atoms with E-state index in [0.29, 0.717) is 11.6 Å². The van der Waals surface area contributed by atoms with Gasteiger partial charge in [-0.2, -0.15) is 0 Å². The highest BCUT2D eigenvalue weighted by Crippen LogP contribution is 2.18. The first-order valence-electron chi connectivity index (χ1n) is 7.53. The molecular weight excluding hydrogens is 278 g/mol. The van der Waals surface area contributed by atoms with E-state index in [2.05, 4.69) is 25.6 Å². The summed E-state index contributed by atoms with van der Waals surface area (Å²) in [6.45, 7) is 2.67. The van der Waals surface area contributed by atoms with Gasteiger partial charge in [-0.25, -0.2) is 9.97 Å². The predicted molar refractivity (Wildman–Crippen MR) is 84.3 cm³/mol. The fourth-order valence-electron chi connectivity index (χ4n) is 2.52. The first kappa shape index (κ1) is 14.4. The highest BCUT2D eigenvalue weighted by Gasteiger charge is 2.21. The summed E-state index contributed by atoms with van der Waals surface area (Å²) in [4.78, 5) is 25.1. The van der Waals surface area contributed by atoms with Crippen molar-refractivity contribution in [1.82, 2.24) is 20.3 Å². The number of anilines is 1. The Hall–Kier alpha value is -2.50. The Kier molecular flexibility index (Phi) is 4.27. The number of hydrogen-bond acceptors (Lipinski definition) is 5. The van der Waals surface area contributed by atoms with Crippen LogP contribution in [0.15, 0.2) is 30.6 Å².